The molecule has 146 valence electrons. The van der Waals surface area contributed by atoms with Gasteiger partial charge in [-0.25, -0.2) is 4.79 Å². The Hall–Kier alpha value is -2.57. The molecule has 27 heavy (non-hydrogen) atoms. The Morgan fingerprint density at radius 3 is 2.11 bits per heavy atom. The minimum Gasteiger partial charge on any atom is -0.481 e. The van der Waals surface area contributed by atoms with Crippen LogP contribution in [0.4, 0.5) is 10.5 Å². The van der Waals surface area contributed by atoms with Gasteiger partial charge in [0.25, 0.3) is 0 Å². The molecule has 2 aliphatic heterocycles. The van der Waals surface area contributed by atoms with E-state index in [1.54, 1.807) is 31.2 Å². The van der Waals surface area contributed by atoms with Crippen LogP contribution in [0.25, 0.3) is 0 Å². The number of nitrogens with one attached hydrogen (secondary N) is 1. The highest BCUT2D eigenvalue weighted by Gasteiger charge is 2.30. The number of hydrogen-bond donors (Lipinski definition) is 2. The zero-order valence-corrected chi connectivity index (χ0v) is 15.7. The summed E-state index contributed by atoms with van der Waals surface area (Å²) in [6.45, 7) is 4.55. The highest BCUT2D eigenvalue weighted by atomic mass is 16.4. The van der Waals surface area contributed by atoms with Gasteiger partial charge in [0.2, 0.25) is 5.91 Å². The van der Waals surface area contributed by atoms with E-state index in [0.29, 0.717) is 37.2 Å². The van der Waals surface area contributed by atoms with Crippen LogP contribution in [0, 0.1) is 5.92 Å². The van der Waals surface area contributed by atoms with E-state index in [0.717, 1.165) is 25.9 Å². The Balaban J connectivity index is 1.49. The monoisotopic (exact) mass is 373 g/mol. The molecule has 1 aromatic rings. The molecule has 3 rings (SSSR count). The van der Waals surface area contributed by atoms with E-state index >= 15 is 0 Å². The summed E-state index contributed by atoms with van der Waals surface area (Å²) in [6, 6.07) is 7.03. The number of urea groups is 1. The first-order valence-electron chi connectivity index (χ1n) is 9.63. The molecular formula is C20H27N3O4. The molecule has 0 aliphatic carbocycles. The number of carbonyl (C=O) groups excluding carboxylic acids is 2. The van der Waals surface area contributed by atoms with Gasteiger partial charge < -0.3 is 20.2 Å². The van der Waals surface area contributed by atoms with Crippen LogP contribution in [-0.2, 0) is 9.59 Å². The number of amides is 3. The fourth-order valence-corrected chi connectivity index (χ4v) is 3.68. The van der Waals surface area contributed by atoms with E-state index in [9.17, 15) is 14.4 Å². The fraction of sp³-hybridized carbons (Fsp3) is 0.550. The van der Waals surface area contributed by atoms with Gasteiger partial charge in [-0.05, 0) is 50.3 Å². The minimum atomic E-state index is -0.873. The summed E-state index contributed by atoms with van der Waals surface area (Å²) in [6.07, 6.45) is 3.49. The summed E-state index contributed by atoms with van der Waals surface area (Å²) in [5.74, 6) is -1.60. The van der Waals surface area contributed by atoms with Gasteiger partial charge in [-0.1, -0.05) is 12.1 Å². The first kappa shape index (κ1) is 19.2. The molecule has 1 unspecified atom stereocenters. The Labute approximate surface area is 159 Å². The smallest absolute Gasteiger partial charge is 0.319 e. The van der Waals surface area contributed by atoms with Crippen LogP contribution in [0.2, 0.25) is 0 Å². The first-order chi connectivity index (χ1) is 13.0. The third-order valence-corrected chi connectivity index (χ3v) is 5.56. The highest BCUT2D eigenvalue weighted by molar-refractivity contribution is 5.92. The quantitative estimate of drug-likeness (QED) is 0.849. The molecule has 0 radical (unpaired) electrons. The molecule has 7 nitrogen and oxygen atoms in total. The molecule has 2 saturated heterocycles. The first-order valence-corrected chi connectivity index (χ1v) is 9.63. The van der Waals surface area contributed by atoms with Gasteiger partial charge in [-0.3, -0.25) is 9.59 Å². The van der Waals surface area contributed by atoms with E-state index in [4.69, 9.17) is 5.11 Å². The number of nitrogens with zero attached hydrogens (tertiary/aromatic N) is 2. The number of likely N-dealkylation sites (tertiary alicyclic amines) is 2. The van der Waals surface area contributed by atoms with Crippen molar-refractivity contribution in [3.63, 3.8) is 0 Å². The predicted octanol–water partition coefficient (Wildman–Crippen LogP) is 2.74. The van der Waals surface area contributed by atoms with Gasteiger partial charge in [0.1, 0.15) is 0 Å². The molecular weight excluding hydrogens is 346 g/mol. The summed E-state index contributed by atoms with van der Waals surface area (Å²) < 4.78 is 0. The van der Waals surface area contributed by atoms with Crippen LogP contribution in [0.1, 0.15) is 44.1 Å². The molecule has 1 aromatic carbocycles. The van der Waals surface area contributed by atoms with Crippen LogP contribution in [0.3, 0.4) is 0 Å². The third-order valence-electron chi connectivity index (χ3n) is 5.56. The number of carbonyl (C=O) groups is 3. The second kappa shape index (κ2) is 8.41. The maximum absolute atomic E-state index is 12.5. The Kier molecular flexibility index (Phi) is 5.98. The van der Waals surface area contributed by atoms with Gasteiger partial charge in [0, 0.05) is 37.8 Å². The van der Waals surface area contributed by atoms with Crippen molar-refractivity contribution in [3.05, 3.63) is 29.8 Å². The van der Waals surface area contributed by atoms with Crippen LogP contribution in [0.15, 0.2) is 24.3 Å². The highest BCUT2D eigenvalue weighted by Crippen LogP contribution is 2.23. The van der Waals surface area contributed by atoms with Crippen molar-refractivity contribution >= 4 is 23.6 Å². The van der Waals surface area contributed by atoms with Crippen LogP contribution in [-0.4, -0.2) is 59.0 Å². The number of rotatable bonds is 4. The van der Waals surface area contributed by atoms with Crippen molar-refractivity contribution in [3.8, 4) is 0 Å². The molecule has 1 atom stereocenters. The normalized spacial score (nSPS) is 19.0. The lowest BCUT2D eigenvalue weighted by Crippen LogP contribution is -2.47. The predicted molar refractivity (Wildman–Crippen MR) is 102 cm³/mol. The van der Waals surface area contributed by atoms with Crippen molar-refractivity contribution in [2.45, 2.75) is 38.5 Å². The lowest BCUT2D eigenvalue weighted by molar-refractivity contribution is -0.138. The van der Waals surface area contributed by atoms with Gasteiger partial charge in [0.05, 0.1) is 5.92 Å². The SMILES string of the molecule is CC(C(=O)O)c1ccc(NC(=O)C2CCN(C(=O)N3CCCC3)CC2)cc1. The minimum absolute atomic E-state index is 0.0395. The lowest BCUT2D eigenvalue weighted by atomic mass is 9.95. The zero-order valence-electron chi connectivity index (χ0n) is 15.7. The van der Waals surface area contributed by atoms with Gasteiger partial charge in [-0.15, -0.1) is 0 Å². The van der Waals surface area contributed by atoms with Crippen LogP contribution in [0.5, 0.6) is 0 Å². The molecule has 0 bridgehead atoms. The number of carboxylic acid groups (broad SMARTS) is 1. The maximum Gasteiger partial charge on any atom is 0.319 e. The number of benzene rings is 1. The van der Waals surface area contributed by atoms with E-state index in [-0.39, 0.29) is 17.9 Å². The molecule has 7 heteroatoms. The average molecular weight is 373 g/mol. The van der Waals surface area contributed by atoms with E-state index in [1.807, 2.05) is 9.80 Å². The van der Waals surface area contributed by atoms with Crippen LogP contribution >= 0.6 is 0 Å². The third kappa shape index (κ3) is 4.59. The molecule has 2 N–H and O–H groups in total. The number of piperidine rings is 1. The van der Waals surface area contributed by atoms with Gasteiger partial charge >= 0.3 is 12.0 Å². The molecule has 0 spiro atoms. The van der Waals surface area contributed by atoms with E-state index in [2.05, 4.69) is 5.32 Å². The number of aliphatic carboxylic acids is 1. The fourth-order valence-electron chi connectivity index (χ4n) is 3.68. The largest absolute Gasteiger partial charge is 0.481 e. The number of hydrogen-bond acceptors (Lipinski definition) is 3. The molecule has 2 fully saturated rings. The second-order valence-electron chi connectivity index (χ2n) is 7.41. The summed E-state index contributed by atoms with van der Waals surface area (Å²) in [5.41, 5.74) is 1.37. The zero-order chi connectivity index (χ0) is 19.4. The Morgan fingerprint density at radius 1 is 1.00 bits per heavy atom. The van der Waals surface area contributed by atoms with Crippen LogP contribution < -0.4 is 5.32 Å². The lowest BCUT2D eigenvalue weighted by Gasteiger charge is -2.34. The number of carboxylic acids is 1. The van der Waals surface area contributed by atoms with Crippen molar-refractivity contribution in [1.29, 1.82) is 0 Å². The van der Waals surface area contributed by atoms with Gasteiger partial charge in [-0.2, -0.15) is 0 Å². The van der Waals surface area contributed by atoms with Crippen molar-refractivity contribution in [1.82, 2.24) is 9.80 Å². The number of anilines is 1. The Bertz CT molecular complexity index is 690. The summed E-state index contributed by atoms with van der Waals surface area (Å²) in [7, 11) is 0. The van der Waals surface area contributed by atoms with Crippen molar-refractivity contribution in [2.24, 2.45) is 5.92 Å². The molecule has 2 aliphatic rings. The topological polar surface area (TPSA) is 90.0 Å². The average Bonchev–Trinajstić information content (AvgIpc) is 3.22. The van der Waals surface area contributed by atoms with Gasteiger partial charge in [0.15, 0.2) is 0 Å². The molecule has 0 aromatic heterocycles. The summed E-state index contributed by atoms with van der Waals surface area (Å²) in [5, 5.41) is 12.0. The molecule has 2 heterocycles. The summed E-state index contributed by atoms with van der Waals surface area (Å²) in [4.78, 5) is 39.7. The summed E-state index contributed by atoms with van der Waals surface area (Å²) >= 11 is 0. The van der Waals surface area contributed by atoms with Crippen molar-refractivity contribution < 1.29 is 19.5 Å². The maximum atomic E-state index is 12.5. The van der Waals surface area contributed by atoms with E-state index in [1.165, 1.54) is 0 Å². The second-order valence-corrected chi connectivity index (χ2v) is 7.41. The van der Waals surface area contributed by atoms with Crippen molar-refractivity contribution in [2.75, 3.05) is 31.5 Å². The van der Waals surface area contributed by atoms with E-state index < -0.39 is 11.9 Å². The molecule has 3 amide bonds. The Morgan fingerprint density at radius 2 is 1.56 bits per heavy atom. The standard InChI is InChI=1S/C20H27N3O4/c1-14(19(25)26)15-4-6-17(7-5-15)21-18(24)16-8-12-23(13-9-16)20(27)22-10-2-3-11-22/h4-7,14,16H,2-3,8-13H2,1H3,(H,21,24)(H,25,26). The molecule has 0 saturated carbocycles.